The van der Waals surface area contributed by atoms with Crippen molar-refractivity contribution in [3.05, 3.63) is 88.0 Å². The van der Waals surface area contributed by atoms with Crippen LogP contribution in [0.25, 0.3) is 0 Å². The summed E-state index contributed by atoms with van der Waals surface area (Å²) in [5, 5.41) is 6.86. The van der Waals surface area contributed by atoms with Crippen LogP contribution in [0.4, 0.5) is 4.79 Å². The number of ether oxygens (including phenoxy) is 3. The molecule has 7 heteroatoms. The molecule has 0 aromatic heterocycles. The Balaban J connectivity index is 0.000000861. The van der Waals surface area contributed by atoms with E-state index in [2.05, 4.69) is 116 Å². The van der Waals surface area contributed by atoms with Crippen LogP contribution < -0.4 is 14.2 Å². The van der Waals surface area contributed by atoms with Crippen molar-refractivity contribution in [3.8, 4) is 29.6 Å². The molecule has 0 radical (unpaired) electrons. The van der Waals surface area contributed by atoms with Crippen molar-refractivity contribution in [2.75, 3.05) is 26.1 Å². The molecule has 0 saturated carbocycles. The Labute approximate surface area is 365 Å². The highest BCUT2D eigenvalue weighted by Crippen LogP contribution is 2.38. The summed E-state index contributed by atoms with van der Waals surface area (Å²) in [6, 6.07) is 19.6. The van der Waals surface area contributed by atoms with Crippen LogP contribution in [0.2, 0.25) is 0 Å². The quantitative estimate of drug-likeness (QED) is 0.107. The third kappa shape index (κ3) is 24.7. The first-order valence-corrected chi connectivity index (χ1v) is 23.4. The Kier molecular flexibility index (Phi) is 31.7. The summed E-state index contributed by atoms with van der Waals surface area (Å²) in [6.45, 7) is 25.5. The van der Waals surface area contributed by atoms with E-state index in [-0.39, 0.29) is 5.78 Å². The lowest BCUT2D eigenvalue weighted by Gasteiger charge is -2.24. The lowest BCUT2D eigenvalue weighted by Crippen LogP contribution is -2.15. The van der Waals surface area contributed by atoms with E-state index < -0.39 is 5.30 Å². The van der Waals surface area contributed by atoms with Gasteiger partial charge in [-0.2, -0.15) is 0 Å². The fourth-order valence-electron chi connectivity index (χ4n) is 6.75. The Morgan fingerprint density at radius 1 is 0.831 bits per heavy atom. The van der Waals surface area contributed by atoms with Crippen molar-refractivity contribution >= 4 is 22.8 Å². The maximum Gasteiger partial charge on any atom is 0.364 e. The zero-order valence-corrected chi connectivity index (χ0v) is 39.8. The van der Waals surface area contributed by atoms with Gasteiger partial charge in [0.1, 0.15) is 24.7 Å². The van der Waals surface area contributed by atoms with Gasteiger partial charge < -0.3 is 24.1 Å². The van der Waals surface area contributed by atoms with Crippen LogP contribution in [-0.4, -0.2) is 42.3 Å². The van der Waals surface area contributed by atoms with Crippen LogP contribution in [0.1, 0.15) is 172 Å². The monoisotopic (exact) mass is 833 g/mol. The molecule has 0 aliphatic carbocycles. The first kappa shape index (κ1) is 55.1. The highest BCUT2D eigenvalue weighted by molar-refractivity contribution is 8.12. The zero-order chi connectivity index (χ0) is 44.6. The van der Waals surface area contributed by atoms with Crippen molar-refractivity contribution in [1.82, 2.24) is 0 Å². The van der Waals surface area contributed by atoms with Gasteiger partial charge in [-0.3, -0.25) is 0 Å². The molecule has 0 fully saturated rings. The van der Waals surface area contributed by atoms with Crippen molar-refractivity contribution < 1.29 is 28.9 Å². The summed E-state index contributed by atoms with van der Waals surface area (Å²) < 4.78 is 17.1. The van der Waals surface area contributed by atoms with Crippen LogP contribution in [0.15, 0.2) is 54.6 Å². The number of benzene rings is 3. The van der Waals surface area contributed by atoms with Crippen LogP contribution in [0, 0.1) is 25.2 Å². The number of hydrogen-bond donors (Lipinski definition) is 1. The standard InChI is InChI=1S/C23H30O3.C16H22.C6H12O.C5H12.C2H4O2S/c1-4-12-24-21-9-6-19(7-10-21)17(3)15-18(5-2)20-8-11-22-23(16-20)26-14-13-25-22;1-5-8-9-10-16-14(6-2)11-13(4)12-15(16)7-3;1-5(2)4-6(3)7;1-3-5-4-2;1-5-2(3)4/h6-11,16-18H,4-5,12-15H2,1-3H3;1,11-12H,6-10H2,2-4H3;5H,4H2,1-3H3;3-5H2,1-2H3;1H3,(H,3,4). The molecule has 1 N–H and O–H groups in total. The number of hydrogen-bond acceptors (Lipinski definition) is 6. The van der Waals surface area contributed by atoms with Gasteiger partial charge in [-0.25, -0.2) is 4.79 Å². The predicted molar refractivity (Wildman–Crippen MR) is 254 cm³/mol. The number of fused-ring (bicyclic) bond motifs is 1. The molecule has 1 aliphatic rings. The fraction of sp³-hybridized carbons (Fsp3) is 0.577. The lowest BCUT2D eigenvalue weighted by molar-refractivity contribution is -0.117. The van der Waals surface area contributed by atoms with Gasteiger partial charge in [0, 0.05) is 12.8 Å². The van der Waals surface area contributed by atoms with E-state index in [1.165, 1.54) is 53.3 Å². The molecule has 330 valence electrons. The number of carbonyl (C=O) groups is 2. The number of terminal acetylenes is 1. The molecule has 1 heterocycles. The topological polar surface area (TPSA) is 82.1 Å². The average Bonchev–Trinajstić information content (AvgIpc) is 3.23. The number of aryl methyl sites for hydroxylation is 3. The summed E-state index contributed by atoms with van der Waals surface area (Å²) in [5.74, 6) is 7.25. The predicted octanol–water partition coefficient (Wildman–Crippen LogP) is 14.9. The van der Waals surface area contributed by atoms with E-state index in [1.807, 2.05) is 13.8 Å². The number of thioether (sulfide) groups is 1. The third-order valence-electron chi connectivity index (χ3n) is 9.76. The van der Waals surface area contributed by atoms with Crippen LogP contribution in [-0.2, 0) is 24.1 Å². The molecule has 0 amide bonds. The van der Waals surface area contributed by atoms with Gasteiger partial charge in [0.2, 0.25) is 0 Å². The lowest BCUT2D eigenvalue weighted by atomic mass is 9.84. The Hall–Kier alpha value is -3.89. The first-order valence-electron chi connectivity index (χ1n) is 22.2. The number of rotatable bonds is 17. The highest BCUT2D eigenvalue weighted by Gasteiger charge is 2.19. The molecule has 1 aliphatic heterocycles. The first-order chi connectivity index (χ1) is 28.2. The van der Waals surface area contributed by atoms with Crippen molar-refractivity contribution in [2.24, 2.45) is 5.92 Å². The molecule has 3 aromatic rings. The molecule has 0 spiro atoms. The summed E-state index contributed by atoms with van der Waals surface area (Å²) in [6.07, 6.45) is 20.3. The summed E-state index contributed by atoms with van der Waals surface area (Å²) in [4.78, 5) is 19.6. The third-order valence-corrected chi connectivity index (χ3v) is 10.1. The van der Waals surface area contributed by atoms with Crippen LogP contribution in [0.5, 0.6) is 17.2 Å². The number of ketones is 1. The van der Waals surface area contributed by atoms with E-state index in [9.17, 15) is 9.59 Å². The fourth-order valence-corrected chi connectivity index (χ4v) is 6.75. The van der Waals surface area contributed by atoms with Gasteiger partial charge in [-0.1, -0.05) is 117 Å². The largest absolute Gasteiger partial charge is 0.494 e. The van der Waals surface area contributed by atoms with E-state index >= 15 is 0 Å². The molecule has 2 unspecified atom stereocenters. The SMILES string of the molecule is C#CCCCc1c(CC)cc(C)cc1CC.CC(=O)CC(C)C.CCCCC.CCCOc1ccc(C(C)CC(CC)c2ccc3c(c2)OCCO3)cc1.CSC(=O)O. The van der Waals surface area contributed by atoms with Gasteiger partial charge >= 0.3 is 5.30 Å². The van der Waals surface area contributed by atoms with Crippen molar-refractivity contribution in [3.63, 3.8) is 0 Å². The maximum absolute atomic E-state index is 10.3. The average molecular weight is 833 g/mol. The molecule has 4 rings (SSSR count). The van der Waals surface area contributed by atoms with Crippen molar-refractivity contribution in [2.45, 2.75) is 165 Å². The van der Waals surface area contributed by atoms with Gasteiger partial charge in [0.15, 0.2) is 11.5 Å². The van der Waals surface area contributed by atoms with Gasteiger partial charge in [0.25, 0.3) is 0 Å². The summed E-state index contributed by atoms with van der Waals surface area (Å²) >= 11 is 0.796. The Bertz CT molecular complexity index is 1580. The molecule has 2 atom stereocenters. The minimum Gasteiger partial charge on any atom is -0.494 e. The zero-order valence-electron chi connectivity index (χ0n) is 39.0. The van der Waals surface area contributed by atoms with E-state index in [1.54, 1.807) is 12.5 Å². The second-order valence-corrected chi connectivity index (χ2v) is 16.3. The van der Waals surface area contributed by atoms with Crippen molar-refractivity contribution in [1.29, 1.82) is 0 Å². The molecule has 59 heavy (non-hydrogen) atoms. The minimum atomic E-state index is -0.829. The number of Topliss-reactive ketones (excluding diaryl/α,β-unsaturated/α-hetero) is 1. The van der Waals surface area contributed by atoms with E-state index in [0.29, 0.717) is 31.0 Å². The summed E-state index contributed by atoms with van der Waals surface area (Å²) in [5.41, 5.74) is 8.65. The normalized spacial score (nSPS) is 12.0. The maximum atomic E-state index is 10.3. The highest BCUT2D eigenvalue weighted by atomic mass is 32.2. The second kappa shape index (κ2) is 33.9. The molecular formula is C52H80O6S. The van der Waals surface area contributed by atoms with Crippen LogP contribution >= 0.6 is 11.8 Å². The Morgan fingerprint density at radius 2 is 1.39 bits per heavy atom. The number of unbranched alkanes of at least 4 members (excludes halogenated alkanes) is 3. The van der Waals surface area contributed by atoms with Gasteiger partial charge in [-0.05, 0) is 147 Å². The van der Waals surface area contributed by atoms with E-state index in [4.69, 9.17) is 25.7 Å². The van der Waals surface area contributed by atoms with Gasteiger partial charge in [0.05, 0.1) is 6.61 Å². The molecule has 0 bridgehead atoms. The number of carboxylic acid groups (broad SMARTS) is 1. The second-order valence-electron chi connectivity index (χ2n) is 15.5. The summed E-state index contributed by atoms with van der Waals surface area (Å²) in [7, 11) is 0. The molecule has 6 nitrogen and oxygen atoms in total. The Morgan fingerprint density at radius 3 is 1.81 bits per heavy atom. The van der Waals surface area contributed by atoms with Gasteiger partial charge in [-0.15, -0.1) is 12.3 Å². The smallest absolute Gasteiger partial charge is 0.364 e. The van der Waals surface area contributed by atoms with Crippen LogP contribution in [0.3, 0.4) is 0 Å². The molecule has 0 saturated heterocycles. The van der Waals surface area contributed by atoms with E-state index in [0.717, 1.165) is 93.4 Å². The molecule has 3 aromatic carbocycles. The minimum absolute atomic E-state index is 0.287. The number of carbonyl (C=O) groups excluding carboxylic acids is 1. The molecular weight excluding hydrogens is 753 g/mol.